The molecule has 1 aromatic rings. The molecule has 0 atom stereocenters. The predicted molar refractivity (Wildman–Crippen MR) is 62.4 cm³/mol. The topological polar surface area (TPSA) is 21.3 Å². The van der Waals surface area contributed by atoms with Gasteiger partial charge >= 0.3 is 0 Å². The molecule has 0 aliphatic carbocycles. The van der Waals surface area contributed by atoms with E-state index < -0.39 is 0 Å². The molecule has 2 heteroatoms. The Balaban J connectivity index is 2.03. The maximum Gasteiger partial charge on any atom is 0.122 e. The summed E-state index contributed by atoms with van der Waals surface area (Å²) < 4.78 is 6.00. The highest BCUT2D eigenvalue weighted by Crippen LogP contribution is 2.22. The van der Waals surface area contributed by atoms with Crippen LogP contribution in [0.4, 0.5) is 0 Å². The second kappa shape index (κ2) is 4.67. The number of aryl methyl sites for hydroxylation is 2. The van der Waals surface area contributed by atoms with E-state index in [2.05, 4.69) is 37.4 Å². The molecule has 1 aliphatic rings. The number of ether oxygens (including phenoxy) is 1. The molecule has 0 aromatic heterocycles. The fourth-order valence-corrected chi connectivity index (χ4v) is 2.02. The van der Waals surface area contributed by atoms with Crippen molar-refractivity contribution in [1.29, 1.82) is 0 Å². The van der Waals surface area contributed by atoms with Gasteiger partial charge in [0.15, 0.2) is 0 Å². The normalized spacial score (nSPS) is 17.7. The van der Waals surface area contributed by atoms with E-state index in [0.717, 1.165) is 31.7 Å². The average Bonchev–Trinajstić information content (AvgIpc) is 2.24. The smallest absolute Gasteiger partial charge is 0.122 e. The summed E-state index contributed by atoms with van der Waals surface area (Å²) in [5, 5.41) is 3.34. The van der Waals surface area contributed by atoms with E-state index in [1.54, 1.807) is 0 Å². The van der Waals surface area contributed by atoms with Gasteiger partial charge in [-0.25, -0.2) is 0 Å². The van der Waals surface area contributed by atoms with Gasteiger partial charge in [-0.3, -0.25) is 0 Å². The van der Waals surface area contributed by atoms with E-state index in [9.17, 15) is 0 Å². The molecular weight excluding hydrogens is 186 g/mol. The van der Waals surface area contributed by atoms with Crippen molar-refractivity contribution in [1.82, 2.24) is 5.32 Å². The Morgan fingerprint density at radius 2 is 1.93 bits per heavy atom. The third-order valence-corrected chi connectivity index (χ3v) is 2.91. The fraction of sp³-hybridized carbons (Fsp3) is 0.538. The van der Waals surface area contributed by atoms with Crippen LogP contribution < -0.4 is 10.1 Å². The summed E-state index contributed by atoms with van der Waals surface area (Å²) >= 11 is 0. The molecule has 1 aliphatic heterocycles. The maximum absolute atomic E-state index is 6.00. The van der Waals surface area contributed by atoms with Crippen LogP contribution >= 0.6 is 0 Å². The van der Waals surface area contributed by atoms with Crippen LogP contribution in [0, 0.1) is 13.8 Å². The molecule has 0 unspecified atom stereocenters. The first-order chi connectivity index (χ1) is 7.25. The molecule has 0 saturated carbocycles. The van der Waals surface area contributed by atoms with Gasteiger partial charge in [0.05, 0.1) is 0 Å². The summed E-state index contributed by atoms with van der Waals surface area (Å²) in [4.78, 5) is 0. The van der Waals surface area contributed by atoms with Crippen molar-refractivity contribution in [2.75, 3.05) is 13.1 Å². The van der Waals surface area contributed by atoms with Gasteiger partial charge in [0.1, 0.15) is 11.9 Å². The first-order valence-electron chi connectivity index (χ1n) is 5.70. The monoisotopic (exact) mass is 205 g/mol. The molecule has 1 aromatic carbocycles. The molecule has 0 radical (unpaired) electrons. The van der Waals surface area contributed by atoms with E-state index in [4.69, 9.17) is 4.74 Å². The molecule has 1 saturated heterocycles. The predicted octanol–water partition coefficient (Wildman–Crippen LogP) is 2.43. The van der Waals surface area contributed by atoms with Crippen molar-refractivity contribution < 1.29 is 4.74 Å². The summed E-state index contributed by atoms with van der Waals surface area (Å²) in [5.74, 6) is 1.05. The van der Waals surface area contributed by atoms with E-state index in [0.29, 0.717) is 6.10 Å². The lowest BCUT2D eigenvalue weighted by atomic mass is 10.1. The van der Waals surface area contributed by atoms with Crippen molar-refractivity contribution in [2.45, 2.75) is 32.8 Å². The van der Waals surface area contributed by atoms with Crippen LogP contribution in [0.1, 0.15) is 24.0 Å². The lowest BCUT2D eigenvalue weighted by Crippen LogP contribution is -2.34. The maximum atomic E-state index is 6.00. The van der Waals surface area contributed by atoms with Gasteiger partial charge in [-0.05, 0) is 51.4 Å². The SMILES string of the molecule is Cc1ccc(OC2CCNCC2)c(C)c1. The second-order valence-corrected chi connectivity index (χ2v) is 4.34. The van der Waals surface area contributed by atoms with Crippen LogP contribution in [0.3, 0.4) is 0 Å². The van der Waals surface area contributed by atoms with Gasteiger partial charge in [0.25, 0.3) is 0 Å². The zero-order valence-corrected chi connectivity index (χ0v) is 9.55. The minimum atomic E-state index is 0.396. The second-order valence-electron chi connectivity index (χ2n) is 4.34. The highest BCUT2D eigenvalue weighted by molar-refractivity contribution is 5.35. The van der Waals surface area contributed by atoms with E-state index >= 15 is 0 Å². The molecule has 2 rings (SSSR count). The third-order valence-electron chi connectivity index (χ3n) is 2.91. The van der Waals surface area contributed by atoms with Crippen molar-refractivity contribution in [3.63, 3.8) is 0 Å². The Bertz CT molecular complexity index is 329. The van der Waals surface area contributed by atoms with Crippen LogP contribution in [0.25, 0.3) is 0 Å². The molecule has 0 bridgehead atoms. The lowest BCUT2D eigenvalue weighted by molar-refractivity contribution is 0.161. The van der Waals surface area contributed by atoms with Gasteiger partial charge in [-0.15, -0.1) is 0 Å². The van der Waals surface area contributed by atoms with Gasteiger partial charge in [0.2, 0.25) is 0 Å². The van der Waals surface area contributed by atoms with E-state index in [-0.39, 0.29) is 0 Å². The zero-order chi connectivity index (χ0) is 10.7. The Hall–Kier alpha value is -1.02. The summed E-state index contributed by atoms with van der Waals surface area (Å²) in [6.45, 7) is 6.38. The zero-order valence-electron chi connectivity index (χ0n) is 9.55. The molecule has 1 fully saturated rings. The minimum Gasteiger partial charge on any atom is -0.490 e. The number of hydrogen-bond donors (Lipinski definition) is 1. The first-order valence-corrected chi connectivity index (χ1v) is 5.70. The molecular formula is C13H19NO. The molecule has 1 heterocycles. The highest BCUT2D eigenvalue weighted by atomic mass is 16.5. The van der Waals surface area contributed by atoms with Crippen molar-refractivity contribution in [3.8, 4) is 5.75 Å². The molecule has 0 spiro atoms. The van der Waals surface area contributed by atoms with Crippen LogP contribution in [0.15, 0.2) is 18.2 Å². The quantitative estimate of drug-likeness (QED) is 0.800. The van der Waals surface area contributed by atoms with Gasteiger partial charge in [0, 0.05) is 0 Å². The minimum absolute atomic E-state index is 0.396. The first kappa shape index (κ1) is 10.5. The van der Waals surface area contributed by atoms with Gasteiger partial charge < -0.3 is 10.1 Å². The summed E-state index contributed by atoms with van der Waals surface area (Å²) in [6, 6.07) is 6.38. The Morgan fingerprint density at radius 1 is 1.20 bits per heavy atom. The standard InChI is InChI=1S/C13H19NO/c1-10-3-4-13(11(2)9-10)15-12-5-7-14-8-6-12/h3-4,9,12,14H,5-8H2,1-2H3. The number of benzene rings is 1. The van der Waals surface area contributed by atoms with Crippen LogP contribution in [0.2, 0.25) is 0 Å². The molecule has 1 N–H and O–H groups in total. The number of hydrogen-bond acceptors (Lipinski definition) is 2. The lowest BCUT2D eigenvalue weighted by Gasteiger charge is -2.24. The molecule has 0 amide bonds. The largest absolute Gasteiger partial charge is 0.490 e. The van der Waals surface area contributed by atoms with Crippen LogP contribution in [-0.2, 0) is 0 Å². The average molecular weight is 205 g/mol. The van der Waals surface area contributed by atoms with Gasteiger partial charge in [-0.1, -0.05) is 17.7 Å². The Labute approximate surface area is 91.6 Å². The van der Waals surface area contributed by atoms with E-state index in [1.807, 2.05) is 0 Å². The third kappa shape index (κ3) is 2.72. The fourth-order valence-electron chi connectivity index (χ4n) is 2.02. The molecule has 2 nitrogen and oxygen atoms in total. The van der Waals surface area contributed by atoms with Crippen LogP contribution in [-0.4, -0.2) is 19.2 Å². The molecule has 82 valence electrons. The van der Waals surface area contributed by atoms with Gasteiger partial charge in [-0.2, -0.15) is 0 Å². The Kier molecular flexibility index (Phi) is 3.27. The van der Waals surface area contributed by atoms with Crippen molar-refractivity contribution in [2.24, 2.45) is 0 Å². The molecule has 15 heavy (non-hydrogen) atoms. The number of nitrogens with one attached hydrogen (secondary N) is 1. The van der Waals surface area contributed by atoms with Crippen molar-refractivity contribution >= 4 is 0 Å². The Morgan fingerprint density at radius 3 is 2.60 bits per heavy atom. The highest BCUT2D eigenvalue weighted by Gasteiger charge is 2.14. The number of piperidine rings is 1. The van der Waals surface area contributed by atoms with Crippen molar-refractivity contribution in [3.05, 3.63) is 29.3 Å². The van der Waals surface area contributed by atoms with E-state index in [1.165, 1.54) is 11.1 Å². The summed E-state index contributed by atoms with van der Waals surface area (Å²) in [5.41, 5.74) is 2.54. The van der Waals surface area contributed by atoms with Crippen LogP contribution in [0.5, 0.6) is 5.75 Å². The summed E-state index contributed by atoms with van der Waals surface area (Å²) in [6.07, 6.45) is 2.63. The number of rotatable bonds is 2. The summed E-state index contributed by atoms with van der Waals surface area (Å²) in [7, 11) is 0.